The third kappa shape index (κ3) is 4.23. The number of halogens is 1. The van der Waals surface area contributed by atoms with Gasteiger partial charge in [0.15, 0.2) is 0 Å². The van der Waals surface area contributed by atoms with Crippen molar-refractivity contribution in [2.24, 2.45) is 11.7 Å². The highest BCUT2D eigenvalue weighted by Gasteiger charge is 2.39. The Bertz CT molecular complexity index is 529. The highest BCUT2D eigenvalue weighted by Crippen LogP contribution is 2.29. The molecule has 6 nitrogen and oxygen atoms in total. The molecule has 0 radical (unpaired) electrons. The van der Waals surface area contributed by atoms with Gasteiger partial charge in [-0.15, -0.1) is 12.4 Å². The van der Waals surface area contributed by atoms with Crippen molar-refractivity contribution in [2.45, 2.75) is 62.7 Å². The monoisotopic (exact) mass is 379 g/mol. The predicted octanol–water partition coefficient (Wildman–Crippen LogP) is 1.34. The lowest BCUT2D eigenvalue weighted by Gasteiger charge is -2.38. The van der Waals surface area contributed by atoms with Gasteiger partial charge in [-0.25, -0.2) is 12.7 Å². The average Bonchev–Trinajstić information content (AvgIpc) is 3.09. The van der Waals surface area contributed by atoms with Crippen LogP contribution in [-0.2, 0) is 14.8 Å². The zero-order valence-corrected chi connectivity index (χ0v) is 15.9. The SMILES string of the molecule is Cl.NC1CCN(S(=O)(=O)C2CCCN(C(=O)C3CCCC3)C2)CC1. The second kappa shape index (κ2) is 8.34. The first-order valence-corrected chi connectivity index (χ1v) is 10.5. The van der Waals surface area contributed by atoms with E-state index in [1.165, 1.54) is 0 Å². The molecule has 1 amide bonds. The van der Waals surface area contributed by atoms with Crippen molar-refractivity contribution in [1.82, 2.24) is 9.21 Å². The van der Waals surface area contributed by atoms with Gasteiger partial charge in [0.2, 0.25) is 15.9 Å². The normalized spacial score (nSPS) is 27.9. The minimum absolute atomic E-state index is 0. The lowest BCUT2D eigenvalue weighted by molar-refractivity contribution is -0.136. The summed E-state index contributed by atoms with van der Waals surface area (Å²) < 4.78 is 27.4. The number of carbonyl (C=O) groups is 1. The van der Waals surface area contributed by atoms with E-state index >= 15 is 0 Å². The van der Waals surface area contributed by atoms with E-state index < -0.39 is 15.3 Å². The summed E-state index contributed by atoms with van der Waals surface area (Å²) in [7, 11) is -3.31. The molecule has 8 heteroatoms. The number of hydrogen-bond acceptors (Lipinski definition) is 4. The van der Waals surface area contributed by atoms with Crippen molar-refractivity contribution in [3.63, 3.8) is 0 Å². The lowest BCUT2D eigenvalue weighted by Crippen LogP contribution is -2.52. The van der Waals surface area contributed by atoms with E-state index in [1.807, 2.05) is 4.90 Å². The van der Waals surface area contributed by atoms with Gasteiger partial charge in [0.25, 0.3) is 0 Å². The summed E-state index contributed by atoms with van der Waals surface area (Å²) in [5, 5.41) is -0.434. The van der Waals surface area contributed by atoms with Gasteiger partial charge in [-0.2, -0.15) is 0 Å². The molecule has 1 unspecified atom stereocenters. The van der Waals surface area contributed by atoms with Gasteiger partial charge in [-0.05, 0) is 38.5 Å². The summed E-state index contributed by atoms with van der Waals surface area (Å²) in [6.45, 7) is 2.14. The van der Waals surface area contributed by atoms with Gasteiger partial charge >= 0.3 is 0 Å². The molecule has 2 saturated heterocycles. The van der Waals surface area contributed by atoms with Crippen molar-refractivity contribution in [3.8, 4) is 0 Å². The molecule has 2 aliphatic heterocycles. The van der Waals surface area contributed by atoms with Crippen molar-refractivity contribution in [2.75, 3.05) is 26.2 Å². The minimum atomic E-state index is -3.31. The summed E-state index contributed by atoms with van der Waals surface area (Å²) >= 11 is 0. The molecule has 2 N–H and O–H groups in total. The smallest absolute Gasteiger partial charge is 0.225 e. The van der Waals surface area contributed by atoms with Crippen LogP contribution >= 0.6 is 12.4 Å². The van der Waals surface area contributed by atoms with Crippen molar-refractivity contribution in [3.05, 3.63) is 0 Å². The minimum Gasteiger partial charge on any atom is -0.341 e. The summed E-state index contributed by atoms with van der Waals surface area (Å²) in [5.41, 5.74) is 5.88. The number of likely N-dealkylation sites (tertiary alicyclic amines) is 1. The molecule has 1 atom stereocenters. The molecule has 140 valence electrons. The van der Waals surface area contributed by atoms with Crippen molar-refractivity contribution in [1.29, 1.82) is 0 Å². The second-order valence-electron chi connectivity index (χ2n) is 7.31. The standard InChI is InChI=1S/C16H29N3O3S.ClH/c17-14-7-10-19(11-8-14)23(21,22)15-6-3-9-18(12-15)16(20)13-4-1-2-5-13;/h13-15H,1-12,17H2;1H. The summed E-state index contributed by atoms with van der Waals surface area (Å²) in [6.07, 6.45) is 7.11. The molecule has 0 aromatic rings. The molecule has 2 heterocycles. The maximum Gasteiger partial charge on any atom is 0.225 e. The fourth-order valence-corrected chi connectivity index (χ4v) is 6.13. The molecule has 1 saturated carbocycles. The number of nitrogens with two attached hydrogens (primary N) is 1. The fourth-order valence-electron chi connectivity index (χ4n) is 4.15. The summed E-state index contributed by atoms with van der Waals surface area (Å²) in [5.74, 6) is 0.313. The Balaban J connectivity index is 0.00000208. The predicted molar refractivity (Wildman–Crippen MR) is 96.5 cm³/mol. The van der Waals surface area contributed by atoms with Crippen LogP contribution in [0.2, 0.25) is 0 Å². The van der Waals surface area contributed by atoms with Crippen LogP contribution in [0.3, 0.4) is 0 Å². The van der Waals surface area contributed by atoms with Gasteiger partial charge in [0.05, 0.1) is 5.25 Å². The number of hydrogen-bond donors (Lipinski definition) is 1. The summed E-state index contributed by atoms with van der Waals surface area (Å²) in [4.78, 5) is 14.4. The Kier molecular flexibility index (Phi) is 6.93. The number of nitrogens with zero attached hydrogens (tertiary/aromatic N) is 2. The van der Waals surface area contributed by atoms with Crippen LogP contribution in [0.25, 0.3) is 0 Å². The Morgan fingerprint density at radius 3 is 2.17 bits per heavy atom. The molecule has 0 aromatic heterocycles. The first kappa shape index (κ1) is 19.9. The maximum absolute atomic E-state index is 12.9. The zero-order valence-electron chi connectivity index (χ0n) is 14.2. The molecule has 3 fully saturated rings. The Morgan fingerprint density at radius 2 is 1.54 bits per heavy atom. The van der Waals surface area contributed by atoms with E-state index in [0.29, 0.717) is 32.6 Å². The van der Waals surface area contributed by atoms with Crippen LogP contribution in [0.4, 0.5) is 0 Å². The van der Waals surface area contributed by atoms with Gasteiger partial charge < -0.3 is 10.6 Å². The number of carbonyl (C=O) groups excluding carboxylic acids is 1. The first-order chi connectivity index (χ1) is 11.0. The topological polar surface area (TPSA) is 83.7 Å². The highest BCUT2D eigenvalue weighted by molar-refractivity contribution is 7.89. The summed E-state index contributed by atoms with van der Waals surface area (Å²) in [6, 6.07) is 0.119. The third-order valence-corrected chi connectivity index (χ3v) is 7.99. The zero-order chi connectivity index (χ0) is 16.4. The van der Waals surface area contributed by atoms with Crippen LogP contribution in [0.1, 0.15) is 51.4 Å². The fraction of sp³-hybridized carbons (Fsp3) is 0.938. The van der Waals surface area contributed by atoms with Crippen LogP contribution in [-0.4, -0.2) is 61.0 Å². The van der Waals surface area contributed by atoms with Crippen LogP contribution < -0.4 is 5.73 Å². The quantitative estimate of drug-likeness (QED) is 0.802. The number of amides is 1. The van der Waals surface area contributed by atoms with Gasteiger partial charge in [0, 0.05) is 38.1 Å². The van der Waals surface area contributed by atoms with E-state index in [-0.39, 0.29) is 30.3 Å². The number of sulfonamides is 1. The van der Waals surface area contributed by atoms with E-state index in [4.69, 9.17) is 5.73 Å². The average molecular weight is 380 g/mol. The molecule has 24 heavy (non-hydrogen) atoms. The number of rotatable bonds is 3. The lowest BCUT2D eigenvalue weighted by atomic mass is 10.0. The molecule has 3 aliphatic rings. The number of piperidine rings is 2. The van der Waals surface area contributed by atoms with E-state index in [9.17, 15) is 13.2 Å². The molecule has 1 aliphatic carbocycles. The second-order valence-corrected chi connectivity index (χ2v) is 9.52. The maximum atomic E-state index is 12.9. The van der Waals surface area contributed by atoms with E-state index in [1.54, 1.807) is 4.31 Å². The van der Waals surface area contributed by atoms with E-state index in [0.717, 1.165) is 44.9 Å². The van der Waals surface area contributed by atoms with Gasteiger partial charge in [-0.1, -0.05) is 12.8 Å². The third-order valence-electron chi connectivity index (χ3n) is 5.67. The van der Waals surface area contributed by atoms with Crippen LogP contribution in [0.5, 0.6) is 0 Å². The first-order valence-electron chi connectivity index (χ1n) is 9.02. The van der Waals surface area contributed by atoms with Crippen LogP contribution in [0, 0.1) is 5.92 Å². The largest absolute Gasteiger partial charge is 0.341 e. The Hall–Kier alpha value is -0.370. The molecule has 0 bridgehead atoms. The Labute approximate surface area is 151 Å². The molecule has 0 aromatic carbocycles. The molecule has 0 spiro atoms. The van der Waals surface area contributed by atoms with Gasteiger partial charge in [-0.3, -0.25) is 4.79 Å². The van der Waals surface area contributed by atoms with Gasteiger partial charge in [0.1, 0.15) is 0 Å². The van der Waals surface area contributed by atoms with Crippen LogP contribution in [0.15, 0.2) is 0 Å². The van der Waals surface area contributed by atoms with Crippen molar-refractivity contribution < 1.29 is 13.2 Å². The molecular weight excluding hydrogens is 350 g/mol. The highest BCUT2D eigenvalue weighted by atomic mass is 35.5. The van der Waals surface area contributed by atoms with Crippen molar-refractivity contribution >= 4 is 28.3 Å². The molecule has 3 rings (SSSR count). The van der Waals surface area contributed by atoms with E-state index in [2.05, 4.69) is 0 Å². The Morgan fingerprint density at radius 1 is 0.917 bits per heavy atom. The molecular formula is C16H30ClN3O3S.